The van der Waals surface area contributed by atoms with Crippen molar-refractivity contribution in [2.45, 2.75) is 19.9 Å². The number of ether oxygens (including phenoxy) is 1. The van der Waals surface area contributed by atoms with E-state index in [9.17, 15) is 9.59 Å². The Balaban J connectivity index is 1.68. The van der Waals surface area contributed by atoms with Gasteiger partial charge >= 0.3 is 0 Å². The number of para-hydroxylation sites is 1. The monoisotopic (exact) mass is 388 g/mol. The molecular weight excluding hydrogens is 364 g/mol. The maximum Gasteiger partial charge on any atom is 0.236 e. The van der Waals surface area contributed by atoms with Gasteiger partial charge in [0, 0.05) is 11.4 Å². The first-order valence-corrected chi connectivity index (χ1v) is 9.57. The molecule has 0 unspecified atom stereocenters. The molecule has 0 saturated heterocycles. The van der Waals surface area contributed by atoms with E-state index in [0.29, 0.717) is 18.8 Å². The minimum absolute atomic E-state index is 0.241. The number of anilines is 2. The van der Waals surface area contributed by atoms with E-state index < -0.39 is 0 Å². The van der Waals surface area contributed by atoms with Crippen LogP contribution in [0.25, 0.3) is 0 Å². The van der Waals surface area contributed by atoms with E-state index in [0.717, 1.165) is 17.0 Å². The molecule has 0 aliphatic carbocycles. The Morgan fingerprint density at radius 3 is 2.10 bits per heavy atom. The average Bonchev–Trinajstić information content (AvgIpc) is 2.75. The summed E-state index contributed by atoms with van der Waals surface area (Å²) in [7, 11) is 0. The molecule has 2 amide bonds. The van der Waals surface area contributed by atoms with Crippen LogP contribution in [0, 0.1) is 0 Å². The van der Waals surface area contributed by atoms with Gasteiger partial charge in [0.25, 0.3) is 0 Å². The van der Waals surface area contributed by atoms with E-state index in [1.807, 2.05) is 67.6 Å². The van der Waals surface area contributed by atoms with Crippen LogP contribution < -0.4 is 15.0 Å². The first-order valence-electron chi connectivity index (χ1n) is 9.57. The number of rotatable bonds is 8. The molecule has 148 valence electrons. The summed E-state index contributed by atoms with van der Waals surface area (Å²) >= 11 is 0. The lowest BCUT2D eigenvalue weighted by molar-refractivity contribution is -0.125. The topological polar surface area (TPSA) is 58.6 Å². The Kier molecular flexibility index (Phi) is 7.00. The molecule has 0 atom stereocenters. The summed E-state index contributed by atoms with van der Waals surface area (Å²) in [5, 5.41) is 2.77. The molecule has 5 heteroatoms. The van der Waals surface area contributed by atoms with Crippen LogP contribution >= 0.6 is 0 Å². The quantitative estimate of drug-likeness (QED) is 0.572. The van der Waals surface area contributed by atoms with Gasteiger partial charge in [-0.2, -0.15) is 0 Å². The highest BCUT2D eigenvalue weighted by Gasteiger charge is 2.19. The molecule has 3 aromatic carbocycles. The number of amides is 2. The molecule has 3 aromatic rings. The van der Waals surface area contributed by atoms with E-state index >= 15 is 0 Å². The van der Waals surface area contributed by atoms with Crippen molar-refractivity contribution in [3.8, 4) is 5.75 Å². The predicted molar refractivity (Wildman–Crippen MR) is 115 cm³/mol. The van der Waals surface area contributed by atoms with Gasteiger partial charge in [-0.3, -0.25) is 9.59 Å². The van der Waals surface area contributed by atoms with Crippen LogP contribution in [0.2, 0.25) is 0 Å². The average molecular weight is 388 g/mol. The van der Waals surface area contributed by atoms with Gasteiger partial charge in [0.15, 0.2) is 0 Å². The second-order valence-corrected chi connectivity index (χ2v) is 6.48. The van der Waals surface area contributed by atoms with E-state index in [1.54, 1.807) is 29.2 Å². The Hall–Kier alpha value is -3.60. The summed E-state index contributed by atoms with van der Waals surface area (Å²) in [6.45, 7) is 2.90. The number of hydrogen-bond acceptors (Lipinski definition) is 3. The van der Waals surface area contributed by atoms with Crippen LogP contribution in [-0.2, 0) is 16.1 Å². The van der Waals surface area contributed by atoms with Crippen LogP contribution in [0.5, 0.6) is 5.75 Å². The molecule has 5 nitrogen and oxygen atoms in total. The summed E-state index contributed by atoms with van der Waals surface area (Å²) in [5.74, 6) is 0.122. The van der Waals surface area contributed by atoms with Gasteiger partial charge in [0.1, 0.15) is 12.2 Å². The third kappa shape index (κ3) is 5.94. The van der Waals surface area contributed by atoms with Crippen molar-refractivity contribution in [3.05, 3.63) is 90.5 Å². The SMILES string of the molecule is CCOc1ccc(NC(=O)CC(=O)N(Cc2ccccc2)c2ccccc2)cc1. The maximum absolute atomic E-state index is 12.9. The van der Waals surface area contributed by atoms with Crippen LogP contribution in [0.4, 0.5) is 11.4 Å². The summed E-state index contributed by atoms with van der Waals surface area (Å²) in [4.78, 5) is 27.0. The van der Waals surface area contributed by atoms with Crippen LogP contribution in [-0.4, -0.2) is 18.4 Å². The normalized spacial score (nSPS) is 10.2. The molecule has 0 spiro atoms. The molecular formula is C24H24N2O3. The van der Waals surface area contributed by atoms with E-state index in [4.69, 9.17) is 4.74 Å². The molecule has 29 heavy (non-hydrogen) atoms. The fourth-order valence-corrected chi connectivity index (χ4v) is 2.94. The number of hydrogen-bond donors (Lipinski definition) is 1. The Morgan fingerprint density at radius 2 is 1.48 bits per heavy atom. The van der Waals surface area contributed by atoms with Crippen LogP contribution in [0.3, 0.4) is 0 Å². The number of carbonyl (C=O) groups is 2. The summed E-state index contributed by atoms with van der Waals surface area (Å²) in [5.41, 5.74) is 2.38. The molecule has 0 heterocycles. The predicted octanol–water partition coefficient (Wildman–Crippen LogP) is 4.65. The maximum atomic E-state index is 12.9. The minimum atomic E-state index is -0.354. The highest BCUT2D eigenvalue weighted by atomic mass is 16.5. The highest BCUT2D eigenvalue weighted by molar-refractivity contribution is 6.09. The van der Waals surface area contributed by atoms with Gasteiger partial charge in [-0.25, -0.2) is 0 Å². The highest BCUT2D eigenvalue weighted by Crippen LogP contribution is 2.19. The van der Waals surface area contributed by atoms with E-state index in [2.05, 4.69) is 5.32 Å². The van der Waals surface area contributed by atoms with Crippen molar-refractivity contribution in [2.75, 3.05) is 16.8 Å². The second-order valence-electron chi connectivity index (χ2n) is 6.48. The molecule has 0 bridgehead atoms. The van der Waals surface area contributed by atoms with Gasteiger partial charge in [0.05, 0.1) is 13.2 Å². The zero-order valence-corrected chi connectivity index (χ0v) is 16.4. The first kappa shape index (κ1) is 20.1. The molecule has 3 rings (SSSR count). The summed E-state index contributed by atoms with van der Waals surface area (Å²) in [6.07, 6.45) is -0.241. The van der Waals surface area contributed by atoms with Crippen molar-refractivity contribution in [3.63, 3.8) is 0 Å². The third-order valence-corrected chi connectivity index (χ3v) is 4.31. The standard InChI is InChI=1S/C24H24N2O3/c1-2-29-22-15-13-20(14-16-22)25-23(27)17-24(28)26(21-11-7-4-8-12-21)18-19-9-5-3-6-10-19/h3-16H,2,17-18H2,1H3,(H,25,27). The van der Waals surface area contributed by atoms with Gasteiger partial charge in [-0.05, 0) is 48.9 Å². The van der Waals surface area contributed by atoms with Gasteiger partial charge in [0.2, 0.25) is 11.8 Å². The lowest BCUT2D eigenvalue weighted by Gasteiger charge is -2.23. The van der Waals surface area contributed by atoms with Crippen molar-refractivity contribution in [2.24, 2.45) is 0 Å². The largest absolute Gasteiger partial charge is 0.494 e. The summed E-state index contributed by atoms with van der Waals surface area (Å²) in [6, 6.07) is 26.2. The van der Waals surface area contributed by atoms with Crippen molar-refractivity contribution in [1.82, 2.24) is 0 Å². The Labute approximate surface area is 170 Å². The fourth-order valence-electron chi connectivity index (χ4n) is 2.94. The summed E-state index contributed by atoms with van der Waals surface area (Å²) < 4.78 is 5.39. The Morgan fingerprint density at radius 1 is 0.862 bits per heavy atom. The number of nitrogens with zero attached hydrogens (tertiary/aromatic N) is 1. The smallest absolute Gasteiger partial charge is 0.236 e. The first-order chi connectivity index (χ1) is 14.2. The zero-order chi connectivity index (χ0) is 20.5. The lowest BCUT2D eigenvalue weighted by Crippen LogP contribution is -2.33. The minimum Gasteiger partial charge on any atom is -0.494 e. The number of carbonyl (C=O) groups excluding carboxylic acids is 2. The van der Waals surface area contributed by atoms with Gasteiger partial charge < -0.3 is 15.0 Å². The molecule has 0 aliphatic heterocycles. The molecule has 0 aromatic heterocycles. The third-order valence-electron chi connectivity index (χ3n) is 4.31. The van der Waals surface area contributed by atoms with E-state index in [-0.39, 0.29) is 18.2 Å². The number of benzene rings is 3. The molecule has 0 fully saturated rings. The second kappa shape index (κ2) is 10.1. The molecule has 0 radical (unpaired) electrons. The van der Waals surface area contributed by atoms with Crippen molar-refractivity contribution >= 4 is 23.2 Å². The lowest BCUT2D eigenvalue weighted by atomic mass is 10.1. The van der Waals surface area contributed by atoms with Crippen molar-refractivity contribution < 1.29 is 14.3 Å². The van der Waals surface area contributed by atoms with Crippen molar-refractivity contribution in [1.29, 1.82) is 0 Å². The van der Waals surface area contributed by atoms with Crippen LogP contribution in [0.1, 0.15) is 18.9 Å². The fraction of sp³-hybridized carbons (Fsp3) is 0.167. The molecule has 1 N–H and O–H groups in total. The zero-order valence-electron chi connectivity index (χ0n) is 16.4. The van der Waals surface area contributed by atoms with Gasteiger partial charge in [-0.1, -0.05) is 48.5 Å². The number of nitrogens with one attached hydrogen (secondary N) is 1. The molecule has 0 aliphatic rings. The van der Waals surface area contributed by atoms with Gasteiger partial charge in [-0.15, -0.1) is 0 Å². The molecule has 0 saturated carbocycles. The Bertz CT molecular complexity index is 925. The van der Waals surface area contributed by atoms with Crippen LogP contribution in [0.15, 0.2) is 84.9 Å². The van der Waals surface area contributed by atoms with E-state index in [1.165, 1.54) is 0 Å².